The second-order valence-electron chi connectivity index (χ2n) is 5.25. The quantitative estimate of drug-likeness (QED) is 0.598. The average Bonchev–Trinajstić information content (AvgIpc) is 2.60. The number of halogens is 1. The monoisotopic (exact) mass is 323 g/mol. The molecule has 0 aliphatic heterocycles. The zero-order valence-corrected chi connectivity index (χ0v) is 13.7. The summed E-state index contributed by atoms with van der Waals surface area (Å²) in [5.74, 6) is 0.842. The number of hydrogen-bond donors (Lipinski definition) is 0. The molecule has 3 aromatic rings. The molecule has 0 unspecified atom stereocenters. The lowest BCUT2D eigenvalue weighted by molar-refractivity contribution is 0.415. The Morgan fingerprint density at radius 3 is 2.30 bits per heavy atom. The zero-order valence-electron chi connectivity index (χ0n) is 12.9. The molecule has 0 fully saturated rings. The van der Waals surface area contributed by atoms with Gasteiger partial charge >= 0.3 is 0 Å². The van der Waals surface area contributed by atoms with Crippen molar-refractivity contribution in [3.63, 3.8) is 0 Å². The van der Waals surface area contributed by atoms with Crippen molar-refractivity contribution in [1.82, 2.24) is 0 Å². The van der Waals surface area contributed by atoms with E-state index in [0.29, 0.717) is 0 Å². The fraction of sp³-hybridized carbons (Fsp3) is 0.100. The number of para-hydroxylation sites is 1. The van der Waals surface area contributed by atoms with Crippen LogP contribution in [0, 0.1) is 0 Å². The van der Waals surface area contributed by atoms with Gasteiger partial charge in [-0.1, -0.05) is 48.0 Å². The van der Waals surface area contributed by atoms with Gasteiger partial charge in [0, 0.05) is 29.0 Å². The standard InChI is InChI=1S/C20H18ClNO/c1-23-20-12-6-11-19(14-20)22(18-9-3-2-4-10-18)15-16-7-5-8-17(21)13-16/h2-14H,15H2,1H3. The molecule has 3 heteroatoms. The van der Waals surface area contributed by atoms with Gasteiger partial charge in [0.05, 0.1) is 7.11 Å². The Hall–Kier alpha value is -2.45. The van der Waals surface area contributed by atoms with E-state index in [1.807, 2.05) is 54.6 Å². The lowest BCUT2D eigenvalue weighted by atomic mass is 10.1. The minimum Gasteiger partial charge on any atom is -0.497 e. The van der Waals surface area contributed by atoms with Crippen molar-refractivity contribution >= 4 is 23.0 Å². The molecular formula is C20H18ClNO. The summed E-state index contributed by atoms with van der Waals surface area (Å²) in [6.45, 7) is 0.734. The Bertz CT molecular complexity index is 773. The Labute approximate surface area is 141 Å². The number of hydrogen-bond acceptors (Lipinski definition) is 2. The van der Waals surface area contributed by atoms with Gasteiger partial charge in [-0.05, 0) is 42.0 Å². The summed E-state index contributed by atoms with van der Waals surface area (Å²) in [7, 11) is 1.68. The van der Waals surface area contributed by atoms with Gasteiger partial charge < -0.3 is 9.64 Å². The number of methoxy groups -OCH3 is 1. The van der Waals surface area contributed by atoms with Crippen LogP contribution in [-0.2, 0) is 6.54 Å². The van der Waals surface area contributed by atoms with Crippen LogP contribution in [0.15, 0.2) is 78.9 Å². The highest BCUT2D eigenvalue weighted by Crippen LogP contribution is 2.30. The molecular weight excluding hydrogens is 306 g/mol. The van der Waals surface area contributed by atoms with Gasteiger partial charge in [0.2, 0.25) is 0 Å². The van der Waals surface area contributed by atoms with Gasteiger partial charge in [0.15, 0.2) is 0 Å². The van der Waals surface area contributed by atoms with Crippen LogP contribution in [0.1, 0.15) is 5.56 Å². The molecule has 0 aliphatic rings. The molecule has 0 aliphatic carbocycles. The first-order valence-corrected chi connectivity index (χ1v) is 7.85. The summed E-state index contributed by atoms with van der Waals surface area (Å²) in [6, 6.07) is 26.3. The van der Waals surface area contributed by atoms with E-state index in [1.54, 1.807) is 7.11 Å². The molecule has 0 aromatic heterocycles. The van der Waals surface area contributed by atoms with Crippen molar-refractivity contribution in [3.8, 4) is 5.75 Å². The molecule has 0 saturated carbocycles. The molecule has 116 valence electrons. The number of rotatable bonds is 5. The van der Waals surface area contributed by atoms with E-state index in [-0.39, 0.29) is 0 Å². The van der Waals surface area contributed by atoms with Crippen LogP contribution in [0.2, 0.25) is 5.02 Å². The van der Waals surface area contributed by atoms with Crippen molar-refractivity contribution in [1.29, 1.82) is 0 Å². The molecule has 3 rings (SSSR count). The van der Waals surface area contributed by atoms with Gasteiger partial charge in [-0.2, -0.15) is 0 Å². The van der Waals surface area contributed by atoms with Crippen LogP contribution in [0.3, 0.4) is 0 Å². The third-order valence-electron chi connectivity index (χ3n) is 3.66. The van der Waals surface area contributed by atoms with Crippen LogP contribution < -0.4 is 9.64 Å². The Balaban J connectivity index is 2.00. The second kappa shape index (κ2) is 7.21. The molecule has 0 amide bonds. The highest BCUT2D eigenvalue weighted by Gasteiger charge is 2.11. The number of benzene rings is 3. The third kappa shape index (κ3) is 3.85. The van der Waals surface area contributed by atoms with E-state index in [0.717, 1.165) is 34.3 Å². The van der Waals surface area contributed by atoms with Gasteiger partial charge in [-0.15, -0.1) is 0 Å². The van der Waals surface area contributed by atoms with E-state index in [1.165, 1.54) is 0 Å². The van der Waals surface area contributed by atoms with Crippen molar-refractivity contribution in [2.45, 2.75) is 6.54 Å². The van der Waals surface area contributed by atoms with Crippen LogP contribution >= 0.6 is 11.6 Å². The maximum Gasteiger partial charge on any atom is 0.120 e. The summed E-state index contributed by atoms with van der Waals surface area (Å²) in [4.78, 5) is 2.24. The van der Waals surface area contributed by atoms with Crippen molar-refractivity contribution in [3.05, 3.63) is 89.4 Å². The van der Waals surface area contributed by atoms with E-state index in [9.17, 15) is 0 Å². The van der Waals surface area contributed by atoms with E-state index >= 15 is 0 Å². The summed E-state index contributed by atoms with van der Waals surface area (Å²) < 4.78 is 5.36. The topological polar surface area (TPSA) is 12.5 Å². The van der Waals surface area contributed by atoms with Gasteiger partial charge in [-0.3, -0.25) is 0 Å². The lowest BCUT2D eigenvalue weighted by Gasteiger charge is -2.25. The number of nitrogens with zero attached hydrogens (tertiary/aromatic N) is 1. The van der Waals surface area contributed by atoms with Crippen LogP contribution in [-0.4, -0.2) is 7.11 Å². The molecule has 0 atom stereocenters. The molecule has 0 radical (unpaired) electrons. The molecule has 0 bridgehead atoms. The summed E-state index contributed by atoms with van der Waals surface area (Å²) >= 11 is 6.13. The first-order chi connectivity index (χ1) is 11.3. The number of ether oxygens (including phenoxy) is 1. The first kappa shape index (κ1) is 15.4. The maximum absolute atomic E-state index is 6.13. The minimum absolute atomic E-state index is 0.734. The molecule has 2 nitrogen and oxygen atoms in total. The van der Waals surface area contributed by atoms with E-state index in [4.69, 9.17) is 16.3 Å². The van der Waals surface area contributed by atoms with Crippen molar-refractivity contribution in [2.24, 2.45) is 0 Å². The molecule has 23 heavy (non-hydrogen) atoms. The van der Waals surface area contributed by atoms with Gasteiger partial charge in [0.25, 0.3) is 0 Å². The van der Waals surface area contributed by atoms with Crippen molar-refractivity contribution < 1.29 is 4.74 Å². The fourth-order valence-corrected chi connectivity index (χ4v) is 2.75. The molecule has 0 spiro atoms. The highest BCUT2D eigenvalue weighted by molar-refractivity contribution is 6.30. The largest absolute Gasteiger partial charge is 0.497 e. The van der Waals surface area contributed by atoms with Crippen LogP contribution in [0.25, 0.3) is 0 Å². The van der Waals surface area contributed by atoms with Crippen LogP contribution in [0.4, 0.5) is 11.4 Å². The predicted octanol–water partition coefficient (Wildman–Crippen LogP) is 5.69. The first-order valence-electron chi connectivity index (χ1n) is 7.47. The lowest BCUT2D eigenvalue weighted by Crippen LogP contribution is -2.16. The van der Waals surface area contributed by atoms with Crippen LogP contribution in [0.5, 0.6) is 5.75 Å². The fourth-order valence-electron chi connectivity index (χ4n) is 2.54. The predicted molar refractivity (Wildman–Crippen MR) is 96.7 cm³/mol. The van der Waals surface area contributed by atoms with Gasteiger partial charge in [-0.25, -0.2) is 0 Å². The summed E-state index contributed by atoms with van der Waals surface area (Å²) in [5.41, 5.74) is 3.36. The Kier molecular flexibility index (Phi) is 4.84. The zero-order chi connectivity index (χ0) is 16.1. The Morgan fingerprint density at radius 1 is 0.826 bits per heavy atom. The summed E-state index contributed by atoms with van der Waals surface area (Å²) in [5, 5.41) is 0.751. The third-order valence-corrected chi connectivity index (χ3v) is 3.90. The molecule has 3 aromatic carbocycles. The molecule has 0 N–H and O–H groups in total. The van der Waals surface area contributed by atoms with Gasteiger partial charge in [0.1, 0.15) is 5.75 Å². The smallest absolute Gasteiger partial charge is 0.120 e. The Morgan fingerprint density at radius 2 is 1.57 bits per heavy atom. The van der Waals surface area contributed by atoms with Crippen molar-refractivity contribution in [2.75, 3.05) is 12.0 Å². The average molecular weight is 324 g/mol. The maximum atomic E-state index is 6.13. The minimum atomic E-state index is 0.734. The number of anilines is 2. The molecule has 0 saturated heterocycles. The second-order valence-corrected chi connectivity index (χ2v) is 5.69. The van der Waals surface area contributed by atoms with E-state index in [2.05, 4.69) is 29.2 Å². The SMILES string of the molecule is COc1cccc(N(Cc2cccc(Cl)c2)c2ccccc2)c1. The normalized spacial score (nSPS) is 10.3. The highest BCUT2D eigenvalue weighted by atomic mass is 35.5. The van der Waals surface area contributed by atoms with E-state index < -0.39 is 0 Å². The molecule has 0 heterocycles. The summed E-state index contributed by atoms with van der Waals surface area (Å²) in [6.07, 6.45) is 0.